The topological polar surface area (TPSA) is 0 Å². The van der Waals surface area contributed by atoms with Gasteiger partial charge in [0.25, 0.3) is 0 Å². The van der Waals surface area contributed by atoms with Gasteiger partial charge in [0.1, 0.15) is 6.08 Å². The maximum absolute atomic E-state index is 5.59. The van der Waals surface area contributed by atoms with Crippen LogP contribution in [0.3, 0.4) is 0 Å². The third-order valence-electron chi connectivity index (χ3n) is 0.728. The van der Waals surface area contributed by atoms with Crippen molar-refractivity contribution in [2.75, 3.05) is 0 Å². The van der Waals surface area contributed by atoms with Crippen molar-refractivity contribution in [1.82, 2.24) is 0 Å². The molecule has 0 bridgehead atoms. The highest BCUT2D eigenvalue weighted by molar-refractivity contribution is 9.11. The van der Waals surface area contributed by atoms with Crippen LogP contribution in [0.25, 0.3) is 0 Å². The third kappa shape index (κ3) is 1.45. The summed E-state index contributed by atoms with van der Waals surface area (Å²) in [5.74, 6) is 0. The number of hydrogen-bond acceptors (Lipinski definition) is 0. The quantitative estimate of drug-likeness (QED) is 0.515. The predicted octanol–water partition coefficient (Wildman–Crippen LogP) is 2.76. The summed E-state index contributed by atoms with van der Waals surface area (Å²) >= 11 is 8.82. The van der Waals surface area contributed by atoms with Crippen LogP contribution < -0.4 is 0 Å². The molecule has 0 aliphatic heterocycles. The molecule has 1 rings (SSSR count). The lowest BCUT2D eigenvalue weighted by atomic mass is 10.3. The third-order valence-corrected chi connectivity index (χ3v) is 1.42. The molecular weight excluding hydrogens is 187 g/mol. The molecule has 0 atom stereocenters. The van der Waals surface area contributed by atoms with Crippen molar-refractivity contribution in [2.24, 2.45) is 0 Å². The monoisotopic (exact) mass is 189 g/mol. The second-order valence-electron chi connectivity index (χ2n) is 1.35. The van der Waals surface area contributed by atoms with Crippen LogP contribution in [0.5, 0.6) is 0 Å². The standard InChI is InChI=1S/C6H3BrCl/c7-5-2-1-3-6(8)4-5/h1,3-4H/q+1. The molecule has 2 heteroatoms. The smallest absolute Gasteiger partial charge is 0.0525 e. The molecule has 0 aromatic carbocycles. The average molecular weight is 190 g/mol. The van der Waals surface area contributed by atoms with E-state index in [9.17, 15) is 0 Å². The van der Waals surface area contributed by atoms with Crippen LogP contribution >= 0.6 is 27.5 Å². The molecule has 0 radical (unpaired) electrons. The van der Waals surface area contributed by atoms with Gasteiger partial charge >= 0.3 is 0 Å². The fourth-order valence-electron chi connectivity index (χ4n) is 0.412. The van der Waals surface area contributed by atoms with E-state index >= 15 is 0 Å². The summed E-state index contributed by atoms with van der Waals surface area (Å²) in [4.78, 5) is 0. The Bertz CT molecular complexity index is 174. The van der Waals surface area contributed by atoms with E-state index in [0.717, 1.165) is 9.51 Å². The van der Waals surface area contributed by atoms with Gasteiger partial charge < -0.3 is 0 Å². The number of rotatable bonds is 0. The number of allylic oxidation sites excluding steroid dienone is 6. The lowest BCUT2D eigenvalue weighted by molar-refractivity contribution is 1.69. The molecule has 0 N–H and O–H groups in total. The second-order valence-corrected chi connectivity index (χ2v) is 2.65. The molecule has 0 fully saturated rings. The van der Waals surface area contributed by atoms with Crippen LogP contribution in [-0.4, -0.2) is 0 Å². The fourth-order valence-corrected chi connectivity index (χ4v) is 1.09. The molecule has 0 saturated heterocycles. The number of halogens is 2. The maximum Gasteiger partial charge on any atom is 0.182 e. The van der Waals surface area contributed by atoms with Crippen LogP contribution in [-0.2, 0) is 0 Å². The Balaban J connectivity index is 2.89. The van der Waals surface area contributed by atoms with Crippen molar-refractivity contribution in [3.05, 3.63) is 33.8 Å². The van der Waals surface area contributed by atoms with Gasteiger partial charge in [0.05, 0.1) is 18.2 Å². The zero-order valence-electron chi connectivity index (χ0n) is 3.99. The first-order chi connectivity index (χ1) is 3.79. The lowest BCUT2D eigenvalue weighted by Gasteiger charge is -1.81. The Hall–Kier alpha value is -0.100. The van der Waals surface area contributed by atoms with Crippen molar-refractivity contribution < 1.29 is 0 Å². The van der Waals surface area contributed by atoms with E-state index in [1.165, 1.54) is 0 Å². The van der Waals surface area contributed by atoms with Gasteiger partial charge in [-0.15, -0.1) is 0 Å². The molecule has 40 valence electrons. The van der Waals surface area contributed by atoms with Gasteiger partial charge in [-0.3, -0.25) is 0 Å². The largest absolute Gasteiger partial charge is 0.182 e. The molecule has 0 saturated carbocycles. The van der Waals surface area contributed by atoms with Crippen molar-refractivity contribution in [3.63, 3.8) is 0 Å². The first kappa shape index (κ1) is 6.03. The van der Waals surface area contributed by atoms with Crippen LogP contribution in [0.15, 0.2) is 27.7 Å². The molecule has 1 aliphatic rings. The summed E-state index contributed by atoms with van der Waals surface area (Å²) in [6.07, 6.45) is 8.25. The molecule has 0 unspecified atom stereocenters. The summed E-state index contributed by atoms with van der Waals surface area (Å²) in [6.45, 7) is 0. The highest BCUT2D eigenvalue weighted by Crippen LogP contribution is 2.17. The Morgan fingerprint density at radius 2 is 2.38 bits per heavy atom. The van der Waals surface area contributed by atoms with E-state index in [1.54, 1.807) is 18.2 Å². The second kappa shape index (κ2) is 2.45. The summed E-state index contributed by atoms with van der Waals surface area (Å²) < 4.78 is 0.894. The normalized spacial score (nSPS) is 16.8. The van der Waals surface area contributed by atoms with Crippen molar-refractivity contribution in [1.29, 1.82) is 0 Å². The van der Waals surface area contributed by atoms with E-state index < -0.39 is 0 Å². The molecule has 8 heavy (non-hydrogen) atoms. The summed E-state index contributed by atoms with van der Waals surface area (Å²) in [6, 6.07) is 0. The molecule has 0 heterocycles. The van der Waals surface area contributed by atoms with Crippen LogP contribution in [0, 0.1) is 6.08 Å². The summed E-state index contributed by atoms with van der Waals surface area (Å²) in [5.41, 5.74) is 0. The molecule has 0 spiro atoms. The molecular formula is C6H3BrCl+. The average Bonchev–Trinajstić information content (AvgIpc) is 1.64. The molecule has 0 aromatic heterocycles. The van der Waals surface area contributed by atoms with Crippen molar-refractivity contribution in [2.45, 2.75) is 0 Å². The highest BCUT2D eigenvalue weighted by Gasteiger charge is 2.02. The van der Waals surface area contributed by atoms with E-state index in [2.05, 4.69) is 22.0 Å². The lowest BCUT2D eigenvalue weighted by Crippen LogP contribution is -1.72. The minimum atomic E-state index is 0.732. The Morgan fingerprint density at radius 3 is 2.75 bits per heavy atom. The molecule has 0 aromatic rings. The highest BCUT2D eigenvalue weighted by atomic mass is 79.9. The van der Waals surface area contributed by atoms with Gasteiger partial charge in [-0.25, -0.2) is 0 Å². The van der Waals surface area contributed by atoms with Crippen LogP contribution in [0.1, 0.15) is 0 Å². The van der Waals surface area contributed by atoms with Gasteiger partial charge in [-0.2, -0.15) is 0 Å². The van der Waals surface area contributed by atoms with Gasteiger partial charge in [-0.1, -0.05) is 11.6 Å². The SMILES string of the molecule is ClC1=CC(Br)=[C+]C=C1. The van der Waals surface area contributed by atoms with Crippen molar-refractivity contribution in [3.8, 4) is 0 Å². The Morgan fingerprint density at radius 1 is 1.62 bits per heavy atom. The van der Waals surface area contributed by atoms with E-state index in [4.69, 9.17) is 11.6 Å². The number of hydrogen-bond donors (Lipinski definition) is 0. The van der Waals surface area contributed by atoms with Gasteiger partial charge in [0.15, 0.2) is 9.51 Å². The predicted molar refractivity (Wildman–Crippen MR) is 38.8 cm³/mol. The Kier molecular flexibility index (Phi) is 1.85. The summed E-state index contributed by atoms with van der Waals surface area (Å²) in [5, 5.41) is 0.732. The zero-order chi connectivity index (χ0) is 5.98. The molecule has 1 aliphatic carbocycles. The molecule has 0 amide bonds. The zero-order valence-corrected chi connectivity index (χ0v) is 6.33. The van der Waals surface area contributed by atoms with E-state index in [1.807, 2.05) is 0 Å². The van der Waals surface area contributed by atoms with Gasteiger partial charge in [-0.05, 0) is 15.9 Å². The van der Waals surface area contributed by atoms with Gasteiger partial charge in [0.2, 0.25) is 0 Å². The minimum Gasteiger partial charge on any atom is -0.0525 e. The van der Waals surface area contributed by atoms with Crippen LogP contribution in [0.4, 0.5) is 0 Å². The fraction of sp³-hybridized carbons (Fsp3) is 0. The first-order valence-electron chi connectivity index (χ1n) is 2.12. The maximum atomic E-state index is 5.59. The Labute approximate surface area is 61.7 Å². The van der Waals surface area contributed by atoms with Crippen molar-refractivity contribution >= 4 is 27.5 Å². The summed E-state index contributed by atoms with van der Waals surface area (Å²) in [7, 11) is 0. The first-order valence-corrected chi connectivity index (χ1v) is 3.29. The van der Waals surface area contributed by atoms with Crippen LogP contribution in [0.2, 0.25) is 0 Å². The van der Waals surface area contributed by atoms with E-state index in [-0.39, 0.29) is 0 Å². The van der Waals surface area contributed by atoms with E-state index in [0.29, 0.717) is 0 Å². The minimum absolute atomic E-state index is 0.732. The van der Waals surface area contributed by atoms with Gasteiger partial charge in [0, 0.05) is 0 Å². The molecule has 0 nitrogen and oxygen atoms in total.